The van der Waals surface area contributed by atoms with E-state index in [4.69, 9.17) is 37.0 Å². The minimum absolute atomic E-state index is 0.107. The van der Waals surface area contributed by atoms with Crippen molar-refractivity contribution in [2.45, 2.75) is 451 Å². The van der Waals surface area contributed by atoms with Gasteiger partial charge in [-0.2, -0.15) is 0 Å². The first-order valence-electron chi connectivity index (χ1n) is 42.1. The van der Waals surface area contributed by atoms with Gasteiger partial charge in [-0.1, -0.05) is 381 Å². The van der Waals surface area contributed by atoms with Gasteiger partial charge < -0.3 is 33.8 Å². The van der Waals surface area contributed by atoms with Crippen LogP contribution in [-0.4, -0.2) is 96.7 Å². The third-order valence-corrected chi connectivity index (χ3v) is 20.9. The van der Waals surface area contributed by atoms with Gasteiger partial charge in [0.05, 0.1) is 26.4 Å². The molecule has 0 aromatic rings. The molecule has 2 unspecified atom stereocenters. The van der Waals surface area contributed by atoms with E-state index in [1.807, 2.05) is 0 Å². The van der Waals surface area contributed by atoms with E-state index in [0.29, 0.717) is 25.7 Å². The summed E-state index contributed by atoms with van der Waals surface area (Å²) in [5, 5.41) is 10.6. The number of rotatable bonds is 81. The Bertz CT molecular complexity index is 1910. The highest BCUT2D eigenvalue weighted by Crippen LogP contribution is 2.45. The van der Waals surface area contributed by atoms with Gasteiger partial charge in [-0.05, 0) is 31.6 Å². The first-order valence-corrected chi connectivity index (χ1v) is 45.1. The summed E-state index contributed by atoms with van der Waals surface area (Å²) in [7, 11) is -9.91. The van der Waals surface area contributed by atoms with E-state index in [-0.39, 0.29) is 25.7 Å². The first kappa shape index (κ1) is 98.1. The van der Waals surface area contributed by atoms with Gasteiger partial charge in [0.25, 0.3) is 0 Å². The summed E-state index contributed by atoms with van der Waals surface area (Å²) >= 11 is 0. The Morgan fingerprint density at radius 1 is 0.270 bits per heavy atom. The van der Waals surface area contributed by atoms with Crippen molar-refractivity contribution in [3.8, 4) is 0 Å². The lowest BCUT2D eigenvalue weighted by molar-refractivity contribution is -0.161. The normalized spacial score (nSPS) is 13.8. The summed E-state index contributed by atoms with van der Waals surface area (Å²) in [4.78, 5) is 72.8. The fourth-order valence-corrected chi connectivity index (χ4v) is 14.2. The second-order valence-corrected chi connectivity index (χ2v) is 32.5. The third-order valence-electron chi connectivity index (χ3n) is 19.0. The van der Waals surface area contributed by atoms with Crippen molar-refractivity contribution in [3.05, 3.63) is 0 Å². The number of aliphatic hydroxyl groups is 1. The Morgan fingerprint density at radius 2 is 0.460 bits per heavy atom. The molecule has 0 aliphatic heterocycles. The molecule has 0 rings (SSSR count). The van der Waals surface area contributed by atoms with Gasteiger partial charge in [-0.25, -0.2) is 9.13 Å². The number of ether oxygens (including phenoxy) is 4. The molecule has 0 aliphatic carbocycles. The summed E-state index contributed by atoms with van der Waals surface area (Å²) in [6, 6.07) is 0. The number of esters is 4. The molecule has 0 spiro atoms. The Balaban J connectivity index is 5.16. The van der Waals surface area contributed by atoms with Crippen LogP contribution in [-0.2, 0) is 65.4 Å². The molecule has 0 fully saturated rings. The molecule has 0 bridgehead atoms. The number of phosphoric ester groups is 2. The van der Waals surface area contributed by atoms with Crippen LogP contribution < -0.4 is 0 Å². The van der Waals surface area contributed by atoms with E-state index >= 15 is 0 Å². The Kier molecular flexibility index (Phi) is 72.5. The average molecular weight is 1470 g/mol. The molecule has 19 heteroatoms. The maximum absolute atomic E-state index is 13.1. The van der Waals surface area contributed by atoms with Crippen LogP contribution in [0.4, 0.5) is 0 Å². The third kappa shape index (κ3) is 74.3. The van der Waals surface area contributed by atoms with Crippen molar-refractivity contribution < 1.29 is 80.2 Å². The van der Waals surface area contributed by atoms with Gasteiger partial charge in [0.1, 0.15) is 19.3 Å². The summed E-state index contributed by atoms with van der Waals surface area (Å²) in [6.45, 7) is 7.32. The number of unbranched alkanes of at least 4 members (excludes halogenated alkanes) is 53. The van der Waals surface area contributed by atoms with Crippen molar-refractivity contribution in [2.24, 2.45) is 5.92 Å². The molecule has 0 saturated carbocycles. The molecule has 0 radical (unpaired) electrons. The van der Waals surface area contributed by atoms with E-state index in [1.165, 1.54) is 250 Å². The van der Waals surface area contributed by atoms with Crippen LogP contribution in [0, 0.1) is 5.92 Å². The van der Waals surface area contributed by atoms with Crippen LogP contribution >= 0.6 is 15.6 Å². The van der Waals surface area contributed by atoms with E-state index in [0.717, 1.165) is 102 Å². The van der Waals surface area contributed by atoms with Gasteiger partial charge in [-0.3, -0.25) is 37.3 Å². The average Bonchev–Trinajstić information content (AvgIpc) is 0.936. The first-order chi connectivity index (χ1) is 48.5. The zero-order chi connectivity index (χ0) is 73.4. The summed E-state index contributed by atoms with van der Waals surface area (Å²) in [5.74, 6) is -1.30. The summed E-state index contributed by atoms with van der Waals surface area (Å²) in [5.41, 5.74) is 0. The van der Waals surface area contributed by atoms with Crippen molar-refractivity contribution >= 4 is 39.5 Å². The van der Waals surface area contributed by atoms with Crippen molar-refractivity contribution in [1.29, 1.82) is 0 Å². The van der Waals surface area contributed by atoms with Crippen molar-refractivity contribution in [2.75, 3.05) is 39.6 Å². The quantitative estimate of drug-likeness (QED) is 0.0222. The SMILES string of the molecule is CCCCCCCCCCCCCCCCCCCCCCCCC(=O)O[C@H](COC(=O)CCCCCCCCCCCCCCCCCCC(C)C)COP(=O)(O)OC[C@@H](O)COP(=O)(O)OC[C@@H](COC(=O)CCCCCCCCCC)OC(=O)CCCCCCCCCCCCC. The molecular formula is C81H158O17P2. The predicted molar refractivity (Wildman–Crippen MR) is 409 cm³/mol. The van der Waals surface area contributed by atoms with Gasteiger partial charge in [0.2, 0.25) is 0 Å². The van der Waals surface area contributed by atoms with Crippen molar-refractivity contribution in [3.63, 3.8) is 0 Å². The maximum Gasteiger partial charge on any atom is 0.472 e. The lowest BCUT2D eigenvalue weighted by Gasteiger charge is -2.21. The van der Waals surface area contributed by atoms with Gasteiger partial charge >= 0.3 is 39.5 Å². The largest absolute Gasteiger partial charge is 0.472 e. The Labute approximate surface area is 613 Å². The second kappa shape index (κ2) is 73.9. The number of carbonyl (C=O) groups excluding carboxylic acids is 4. The number of aliphatic hydroxyl groups excluding tert-OH is 1. The number of hydrogen-bond acceptors (Lipinski definition) is 15. The molecule has 0 aromatic carbocycles. The van der Waals surface area contributed by atoms with E-state index in [9.17, 15) is 43.2 Å². The van der Waals surface area contributed by atoms with E-state index in [1.54, 1.807) is 0 Å². The fourth-order valence-electron chi connectivity index (χ4n) is 12.6. The van der Waals surface area contributed by atoms with Crippen LogP contribution in [0.2, 0.25) is 0 Å². The molecular weight excluding hydrogens is 1310 g/mol. The molecule has 0 amide bonds. The minimum atomic E-state index is -4.96. The monoisotopic (exact) mass is 1470 g/mol. The fraction of sp³-hybridized carbons (Fsp3) is 0.951. The van der Waals surface area contributed by atoms with Crippen LogP contribution in [0.25, 0.3) is 0 Å². The van der Waals surface area contributed by atoms with Gasteiger partial charge in [0.15, 0.2) is 12.2 Å². The Hall–Kier alpha value is -1.94. The lowest BCUT2D eigenvalue weighted by atomic mass is 10.0. The van der Waals surface area contributed by atoms with Crippen LogP contribution in [0.3, 0.4) is 0 Å². The van der Waals surface area contributed by atoms with Crippen molar-refractivity contribution in [1.82, 2.24) is 0 Å². The zero-order valence-electron chi connectivity index (χ0n) is 65.3. The highest BCUT2D eigenvalue weighted by atomic mass is 31.2. The molecule has 0 aromatic heterocycles. The van der Waals surface area contributed by atoms with Gasteiger partial charge in [-0.15, -0.1) is 0 Å². The smallest absolute Gasteiger partial charge is 0.462 e. The second-order valence-electron chi connectivity index (χ2n) is 29.6. The maximum atomic E-state index is 13.1. The molecule has 100 heavy (non-hydrogen) atoms. The zero-order valence-corrected chi connectivity index (χ0v) is 67.1. The number of hydrogen-bond donors (Lipinski definition) is 3. The minimum Gasteiger partial charge on any atom is -0.462 e. The summed E-state index contributed by atoms with van der Waals surface area (Å²) < 4.78 is 68.6. The predicted octanol–water partition coefficient (Wildman–Crippen LogP) is 24.4. The van der Waals surface area contributed by atoms with Crippen LogP contribution in [0.15, 0.2) is 0 Å². The molecule has 5 atom stereocenters. The Morgan fingerprint density at radius 3 is 0.680 bits per heavy atom. The van der Waals surface area contributed by atoms with Crippen LogP contribution in [0.5, 0.6) is 0 Å². The topological polar surface area (TPSA) is 237 Å². The lowest BCUT2D eigenvalue weighted by Crippen LogP contribution is -2.30. The highest BCUT2D eigenvalue weighted by Gasteiger charge is 2.30. The molecule has 0 heterocycles. The summed E-state index contributed by atoms with van der Waals surface area (Å²) in [6.07, 6.45) is 65.5. The number of carbonyl (C=O) groups is 4. The molecule has 0 aliphatic rings. The molecule has 594 valence electrons. The molecule has 0 saturated heterocycles. The standard InChI is InChI=1S/C81H158O17P2/c1-6-9-12-15-18-21-23-24-25-26-27-28-29-30-31-36-39-43-47-52-57-62-67-81(86)98-77(71-92-79(84)65-60-55-50-45-42-38-35-33-32-34-37-41-44-48-53-58-63-74(4)5)73-96-100(89,90)94-69-75(82)68-93-99(87,88)95-72-76(70-91-78(83)64-59-54-49-20-17-14-11-8-3)97-80(85)66-61-56-51-46-40-22-19-16-13-10-7-2/h74-77,82H,6-73H2,1-5H3,(H,87,88)(H,89,90)/t75-,76+,77+/m0/s1. The van der Waals surface area contributed by atoms with E-state index in [2.05, 4.69) is 34.6 Å². The molecule has 3 N–H and O–H groups in total. The van der Waals surface area contributed by atoms with Crippen LogP contribution in [0.1, 0.15) is 433 Å². The molecule has 17 nitrogen and oxygen atoms in total. The number of phosphoric acid groups is 2. The van der Waals surface area contributed by atoms with Gasteiger partial charge in [0, 0.05) is 25.7 Å². The van der Waals surface area contributed by atoms with E-state index < -0.39 is 97.5 Å². The highest BCUT2D eigenvalue weighted by molar-refractivity contribution is 7.47.